The Morgan fingerprint density at radius 1 is 1.40 bits per heavy atom. The summed E-state index contributed by atoms with van der Waals surface area (Å²) in [6.45, 7) is 7.47. The highest BCUT2D eigenvalue weighted by molar-refractivity contribution is 8.00. The summed E-state index contributed by atoms with van der Waals surface area (Å²) in [6.07, 6.45) is 5.53. The van der Waals surface area contributed by atoms with Crippen molar-refractivity contribution in [3.8, 4) is 0 Å². The molecule has 2 aliphatic rings. The molecule has 2 heterocycles. The van der Waals surface area contributed by atoms with Crippen molar-refractivity contribution in [1.82, 2.24) is 10.2 Å². The number of rotatable bonds is 3. The molecule has 0 bridgehead atoms. The molecule has 0 aromatic rings. The van der Waals surface area contributed by atoms with Crippen LogP contribution in [0.2, 0.25) is 0 Å². The lowest BCUT2D eigenvalue weighted by molar-refractivity contribution is 0.229. The normalized spacial score (nSPS) is 34.2. The largest absolute Gasteiger partial charge is 0.313 e. The van der Waals surface area contributed by atoms with Gasteiger partial charge in [-0.3, -0.25) is 4.90 Å². The van der Waals surface area contributed by atoms with Gasteiger partial charge in [0, 0.05) is 36.7 Å². The molecule has 0 saturated carbocycles. The van der Waals surface area contributed by atoms with Crippen LogP contribution in [0.15, 0.2) is 0 Å². The van der Waals surface area contributed by atoms with Crippen LogP contribution in [0.25, 0.3) is 0 Å². The Kier molecular flexibility index (Phi) is 4.79. The Hall–Kier alpha value is 0.270. The van der Waals surface area contributed by atoms with E-state index in [2.05, 4.69) is 28.9 Å². The monoisotopic (exact) mass is 228 g/mol. The van der Waals surface area contributed by atoms with Crippen LogP contribution in [0.3, 0.4) is 0 Å². The van der Waals surface area contributed by atoms with Crippen LogP contribution >= 0.6 is 11.8 Å². The van der Waals surface area contributed by atoms with Gasteiger partial charge in [0.2, 0.25) is 0 Å². The van der Waals surface area contributed by atoms with Gasteiger partial charge < -0.3 is 5.32 Å². The van der Waals surface area contributed by atoms with Crippen molar-refractivity contribution in [3.63, 3.8) is 0 Å². The second-order valence-electron chi connectivity index (χ2n) is 4.81. The highest BCUT2D eigenvalue weighted by atomic mass is 32.2. The molecule has 2 fully saturated rings. The van der Waals surface area contributed by atoms with E-state index >= 15 is 0 Å². The van der Waals surface area contributed by atoms with Crippen LogP contribution in [0, 0.1) is 0 Å². The third-order valence-electron chi connectivity index (χ3n) is 3.57. The summed E-state index contributed by atoms with van der Waals surface area (Å²) in [5, 5.41) is 4.54. The molecular weight excluding hydrogens is 204 g/mol. The van der Waals surface area contributed by atoms with Crippen LogP contribution in [0.1, 0.15) is 32.6 Å². The Balaban J connectivity index is 1.72. The molecule has 0 radical (unpaired) electrons. The first-order valence-electron chi connectivity index (χ1n) is 6.46. The van der Waals surface area contributed by atoms with Crippen LogP contribution < -0.4 is 5.32 Å². The molecular formula is C12H24N2S. The van der Waals surface area contributed by atoms with Gasteiger partial charge in [-0.25, -0.2) is 0 Å². The number of hydrogen-bond donors (Lipinski definition) is 1. The van der Waals surface area contributed by atoms with Crippen molar-refractivity contribution < 1.29 is 0 Å². The van der Waals surface area contributed by atoms with Crippen LogP contribution in [-0.4, -0.2) is 48.1 Å². The van der Waals surface area contributed by atoms with Crippen LogP contribution in [0.5, 0.6) is 0 Å². The fraction of sp³-hybridized carbons (Fsp3) is 1.00. The fourth-order valence-corrected chi connectivity index (χ4v) is 3.83. The van der Waals surface area contributed by atoms with Gasteiger partial charge in [0.15, 0.2) is 0 Å². The van der Waals surface area contributed by atoms with E-state index in [1.807, 2.05) is 0 Å². The van der Waals surface area contributed by atoms with Gasteiger partial charge in [-0.1, -0.05) is 13.3 Å². The van der Waals surface area contributed by atoms with Gasteiger partial charge in [-0.2, -0.15) is 11.8 Å². The molecule has 2 saturated heterocycles. The zero-order valence-corrected chi connectivity index (χ0v) is 10.7. The summed E-state index contributed by atoms with van der Waals surface area (Å²) in [6, 6.07) is 0.777. The molecule has 2 aliphatic heterocycles. The maximum atomic E-state index is 3.65. The van der Waals surface area contributed by atoms with E-state index < -0.39 is 0 Å². The summed E-state index contributed by atoms with van der Waals surface area (Å²) < 4.78 is 0. The Bertz CT molecular complexity index is 180. The third-order valence-corrected chi connectivity index (χ3v) is 4.94. The smallest absolute Gasteiger partial charge is 0.0195 e. The lowest BCUT2D eigenvalue weighted by Gasteiger charge is -2.35. The minimum atomic E-state index is 0.777. The van der Waals surface area contributed by atoms with Gasteiger partial charge in [-0.15, -0.1) is 0 Å². The number of thioether (sulfide) groups is 1. The zero-order valence-electron chi connectivity index (χ0n) is 9.87. The van der Waals surface area contributed by atoms with E-state index in [0.29, 0.717) is 0 Å². The molecule has 0 aromatic carbocycles. The van der Waals surface area contributed by atoms with Gasteiger partial charge in [-0.05, 0) is 25.8 Å². The van der Waals surface area contributed by atoms with Gasteiger partial charge >= 0.3 is 0 Å². The molecule has 88 valence electrons. The topological polar surface area (TPSA) is 15.3 Å². The van der Waals surface area contributed by atoms with Crippen molar-refractivity contribution in [3.05, 3.63) is 0 Å². The predicted molar refractivity (Wildman–Crippen MR) is 68.6 cm³/mol. The van der Waals surface area contributed by atoms with E-state index in [9.17, 15) is 0 Å². The summed E-state index contributed by atoms with van der Waals surface area (Å²) in [5.41, 5.74) is 0. The van der Waals surface area contributed by atoms with E-state index in [0.717, 1.165) is 11.3 Å². The van der Waals surface area contributed by atoms with E-state index in [-0.39, 0.29) is 0 Å². The van der Waals surface area contributed by atoms with Crippen molar-refractivity contribution in [2.24, 2.45) is 0 Å². The van der Waals surface area contributed by atoms with Crippen LogP contribution in [-0.2, 0) is 0 Å². The second-order valence-corrected chi connectivity index (χ2v) is 6.22. The molecule has 2 nitrogen and oxygen atoms in total. The summed E-state index contributed by atoms with van der Waals surface area (Å²) >= 11 is 2.17. The average molecular weight is 228 g/mol. The van der Waals surface area contributed by atoms with Crippen molar-refractivity contribution >= 4 is 11.8 Å². The quantitative estimate of drug-likeness (QED) is 0.795. The molecule has 3 heteroatoms. The number of nitrogens with one attached hydrogen (secondary N) is 1. The van der Waals surface area contributed by atoms with Gasteiger partial charge in [0.05, 0.1) is 0 Å². The Morgan fingerprint density at radius 3 is 3.07 bits per heavy atom. The van der Waals surface area contributed by atoms with Crippen LogP contribution in [0.4, 0.5) is 0 Å². The molecule has 2 rings (SSSR count). The highest BCUT2D eigenvalue weighted by Crippen LogP contribution is 2.21. The Morgan fingerprint density at radius 2 is 2.33 bits per heavy atom. The summed E-state index contributed by atoms with van der Waals surface area (Å²) in [7, 11) is 0. The standard InChI is InChI=1S/C12H24N2S/c1-2-12-10-14(7-8-15-12)9-11-5-3-4-6-13-11/h11-13H,2-10H2,1H3. The lowest BCUT2D eigenvalue weighted by atomic mass is 10.0. The van der Waals surface area contributed by atoms with Crippen molar-refractivity contribution in [1.29, 1.82) is 0 Å². The molecule has 2 unspecified atom stereocenters. The number of piperidine rings is 1. The molecule has 0 aliphatic carbocycles. The molecule has 0 amide bonds. The van der Waals surface area contributed by atoms with E-state index in [1.165, 1.54) is 57.6 Å². The minimum Gasteiger partial charge on any atom is -0.313 e. The summed E-state index contributed by atoms with van der Waals surface area (Å²) in [5.74, 6) is 1.34. The molecule has 15 heavy (non-hydrogen) atoms. The predicted octanol–water partition coefficient (Wildman–Crippen LogP) is 1.96. The first-order chi connectivity index (χ1) is 7.38. The number of nitrogens with zero attached hydrogens (tertiary/aromatic N) is 1. The number of hydrogen-bond acceptors (Lipinski definition) is 3. The lowest BCUT2D eigenvalue weighted by Crippen LogP contribution is -2.47. The molecule has 0 aromatic heterocycles. The van der Waals surface area contributed by atoms with Crippen molar-refractivity contribution in [2.45, 2.75) is 43.9 Å². The maximum Gasteiger partial charge on any atom is 0.0195 e. The first kappa shape index (κ1) is 11.7. The maximum absolute atomic E-state index is 3.65. The van der Waals surface area contributed by atoms with Gasteiger partial charge in [0.25, 0.3) is 0 Å². The SMILES string of the molecule is CCC1CN(CC2CCCCN2)CCS1. The summed E-state index contributed by atoms with van der Waals surface area (Å²) in [4.78, 5) is 2.67. The highest BCUT2D eigenvalue weighted by Gasteiger charge is 2.22. The Labute approximate surface area is 98.2 Å². The molecule has 0 spiro atoms. The van der Waals surface area contributed by atoms with E-state index in [1.54, 1.807) is 0 Å². The van der Waals surface area contributed by atoms with E-state index in [4.69, 9.17) is 0 Å². The average Bonchev–Trinajstić information content (AvgIpc) is 2.31. The molecule has 2 atom stereocenters. The first-order valence-corrected chi connectivity index (χ1v) is 7.50. The van der Waals surface area contributed by atoms with Gasteiger partial charge in [0.1, 0.15) is 0 Å². The minimum absolute atomic E-state index is 0.777. The fourth-order valence-electron chi connectivity index (χ4n) is 2.58. The second kappa shape index (κ2) is 6.12. The molecule has 1 N–H and O–H groups in total. The van der Waals surface area contributed by atoms with Crippen molar-refractivity contribution in [2.75, 3.05) is 31.9 Å². The third kappa shape index (κ3) is 3.65. The zero-order chi connectivity index (χ0) is 10.5.